The second-order valence-electron chi connectivity index (χ2n) is 5.70. The van der Waals surface area contributed by atoms with Gasteiger partial charge in [0.25, 0.3) is 0 Å². The molecule has 0 radical (unpaired) electrons. The predicted octanol–water partition coefficient (Wildman–Crippen LogP) is 1.91. The Labute approximate surface area is 109 Å². The quantitative estimate of drug-likeness (QED) is 0.818. The van der Waals surface area contributed by atoms with Crippen molar-refractivity contribution in [1.82, 2.24) is 15.0 Å². The summed E-state index contributed by atoms with van der Waals surface area (Å²) in [5.74, 6) is 3.76. The first kappa shape index (κ1) is 13.1. The van der Waals surface area contributed by atoms with Crippen LogP contribution in [-0.4, -0.2) is 43.1 Å². The van der Waals surface area contributed by atoms with E-state index in [1.807, 2.05) is 38.0 Å². The van der Waals surface area contributed by atoms with Crippen LogP contribution < -0.4 is 9.80 Å². The Bertz CT molecular complexity index is 390. The first-order chi connectivity index (χ1) is 8.47. The van der Waals surface area contributed by atoms with E-state index in [1.54, 1.807) is 0 Å². The summed E-state index contributed by atoms with van der Waals surface area (Å²) in [5, 5.41) is 0. The average Bonchev–Trinajstić information content (AvgIpc) is 2.75. The van der Waals surface area contributed by atoms with Gasteiger partial charge >= 0.3 is 0 Å². The first-order valence-electron chi connectivity index (χ1n) is 6.58. The molecule has 0 bridgehead atoms. The van der Waals surface area contributed by atoms with E-state index in [1.165, 1.54) is 19.3 Å². The molecule has 0 spiro atoms. The normalized spacial score (nSPS) is 23.2. The maximum absolute atomic E-state index is 4.61. The van der Waals surface area contributed by atoms with Crippen molar-refractivity contribution in [2.75, 3.05) is 38.0 Å². The van der Waals surface area contributed by atoms with Crippen molar-refractivity contribution in [3.8, 4) is 0 Å². The van der Waals surface area contributed by atoms with Gasteiger partial charge in [-0.05, 0) is 25.2 Å². The van der Waals surface area contributed by atoms with Crippen LogP contribution in [0.1, 0.15) is 37.9 Å². The van der Waals surface area contributed by atoms with Gasteiger partial charge in [-0.3, -0.25) is 0 Å². The summed E-state index contributed by atoms with van der Waals surface area (Å²) in [7, 11) is 7.87. The molecule has 1 aliphatic rings. The molecule has 18 heavy (non-hydrogen) atoms. The van der Waals surface area contributed by atoms with Gasteiger partial charge in [0.15, 0.2) is 0 Å². The molecule has 0 aliphatic heterocycles. The summed E-state index contributed by atoms with van der Waals surface area (Å²) in [6.07, 6.45) is 3.68. The van der Waals surface area contributed by atoms with Crippen LogP contribution >= 0.6 is 0 Å². The third kappa shape index (κ3) is 2.71. The molecule has 2 atom stereocenters. The van der Waals surface area contributed by atoms with Crippen molar-refractivity contribution in [3.05, 3.63) is 5.82 Å². The Morgan fingerprint density at radius 1 is 0.889 bits per heavy atom. The maximum Gasteiger partial charge on any atom is 0.229 e. The molecule has 0 N–H and O–H groups in total. The predicted molar refractivity (Wildman–Crippen MR) is 74.2 cm³/mol. The van der Waals surface area contributed by atoms with Crippen LogP contribution in [0.25, 0.3) is 0 Å². The summed E-state index contributed by atoms with van der Waals surface area (Å²) in [6, 6.07) is 0. The van der Waals surface area contributed by atoms with E-state index < -0.39 is 0 Å². The Morgan fingerprint density at radius 3 is 1.83 bits per heavy atom. The van der Waals surface area contributed by atoms with Crippen molar-refractivity contribution in [2.24, 2.45) is 5.92 Å². The Hall–Kier alpha value is -1.39. The van der Waals surface area contributed by atoms with Gasteiger partial charge in [-0.2, -0.15) is 15.0 Å². The molecule has 2 unspecified atom stereocenters. The van der Waals surface area contributed by atoms with Crippen LogP contribution in [-0.2, 0) is 0 Å². The van der Waals surface area contributed by atoms with E-state index in [4.69, 9.17) is 0 Å². The second-order valence-corrected chi connectivity index (χ2v) is 5.70. The van der Waals surface area contributed by atoms with Crippen LogP contribution in [0.4, 0.5) is 11.9 Å². The first-order valence-corrected chi connectivity index (χ1v) is 6.58. The van der Waals surface area contributed by atoms with Crippen molar-refractivity contribution in [3.63, 3.8) is 0 Å². The van der Waals surface area contributed by atoms with E-state index in [0.717, 1.165) is 23.6 Å². The lowest BCUT2D eigenvalue weighted by Gasteiger charge is -2.18. The highest BCUT2D eigenvalue weighted by Gasteiger charge is 2.26. The Morgan fingerprint density at radius 2 is 1.44 bits per heavy atom. The third-order valence-corrected chi connectivity index (χ3v) is 3.49. The minimum absolute atomic E-state index is 0.500. The minimum atomic E-state index is 0.500. The molecule has 0 saturated heterocycles. The van der Waals surface area contributed by atoms with E-state index >= 15 is 0 Å². The lowest BCUT2D eigenvalue weighted by molar-refractivity contribution is 0.583. The van der Waals surface area contributed by atoms with Crippen LogP contribution in [0.15, 0.2) is 0 Å². The molecule has 1 saturated carbocycles. The average molecular weight is 249 g/mol. The number of nitrogens with zero attached hydrogens (tertiary/aromatic N) is 5. The molecular formula is C13H23N5. The second kappa shape index (κ2) is 5.08. The molecule has 1 fully saturated rings. The summed E-state index contributed by atoms with van der Waals surface area (Å²) >= 11 is 0. The van der Waals surface area contributed by atoms with Gasteiger partial charge in [-0.25, -0.2) is 0 Å². The molecule has 1 aliphatic carbocycles. The summed E-state index contributed by atoms with van der Waals surface area (Å²) < 4.78 is 0. The van der Waals surface area contributed by atoms with E-state index in [2.05, 4.69) is 21.9 Å². The summed E-state index contributed by atoms with van der Waals surface area (Å²) in [4.78, 5) is 17.6. The molecule has 1 aromatic heterocycles. The lowest BCUT2D eigenvalue weighted by atomic mass is 10.1. The molecule has 1 heterocycles. The number of rotatable bonds is 3. The zero-order valence-corrected chi connectivity index (χ0v) is 12.0. The SMILES string of the molecule is CC1CCC(c2nc(N(C)C)nc(N(C)C)n2)C1. The number of anilines is 2. The fourth-order valence-electron chi connectivity index (χ4n) is 2.39. The van der Waals surface area contributed by atoms with Gasteiger partial charge < -0.3 is 9.80 Å². The smallest absolute Gasteiger partial charge is 0.229 e. The van der Waals surface area contributed by atoms with E-state index in [-0.39, 0.29) is 0 Å². The molecule has 5 heteroatoms. The number of aromatic nitrogens is 3. The topological polar surface area (TPSA) is 45.2 Å². The monoisotopic (exact) mass is 249 g/mol. The van der Waals surface area contributed by atoms with E-state index in [0.29, 0.717) is 5.92 Å². The molecular weight excluding hydrogens is 226 g/mol. The van der Waals surface area contributed by atoms with Gasteiger partial charge in [-0.15, -0.1) is 0 Å². The molecule has 0 amide bonds. The van der Waals surface area contributed by atoms with Crippen LogP contribution in [0, 0.1) is 5.92 Å². The summed E-state index contributed by atoms with van der Waals surface area (Å²) in [5.41, 5.74) is 0. The van der Waals surface area contributed by atoms with Crippen molar-refractivity contribution < 1.29 is 0 Å². The standard InChI is InChI=1S/C13H23N5/c1-9-6-7-10(8-9)11-14-12(17(2)3)16-13(15-11)18(4)5/h9-10H,6-8H2,1-5H3. The van der Waals surface area contributed by atoms with Crippen molar-refractivity contribution in [2.45, 2.75) is 32.1 Å². The zero-order chi connectivity index (χ0) is 13.3. The Balaban J connectivity index is 2.34. The Kier molecular flexibility index (Phi) is 3.68. The molecule has 5 nitrogen and oxygen atoms in total. The highest BCUT2D eigenvalue weighted by molar-refractivity contribution is 5.37. The van der Waals surface area contributed by atoms with E-state index in [9.17, 15) is 0 Å². The van der Waals surface area contributed by atoms with Crippen LogP contribution in [0.2, 0.25) is 0 Å². The number of hydrogen-bond acceptors (Lipinski definition) is 5. The molecule has 100 valence electrons. The molecule has 0 aromatic carbocycles. The van der Waals surface area contributed by atoms with Gasteiger partial charge in [0.2, 0.25) is 11.9 Å². The van der Waals surface area contributed by atoms with Gasteiger partial charge in [0.1, 0.15) is 5.82 Å². The van der Waals surface area contributed by atoms with Gasteiger partial charge in [0.05, 0.1) is 0 Å². The third-order valence-electron chi connectivity index (χ3n) is 3.49. The highest BCUT2D eigenvalue weighted by atomic mass is 15.3. The lowest BCUT2D eigenvalue weighted by Crippen LogP contribution is -2.20. The maximum atomic E-state index is 4.61. The fraction of sp³-hybridized carbons (Fsp3) is 0.769. The fourth-order valence-corrected chi connectivity index (χ4v) is 2.39. The van der Waals surface area contributed by atoms with Gasteiger partial charge in [-0.1, -0.05) is 6.92 Å². The van der Waals surface area contributed by atoms with Crippen LogP contribution in [0.3, 0.4) is 0 Å². The summed E-state index contributed by atoms with van der Waals surface area (Å²) in [6.45, 7) is 2.31. The largest absolute Gasteiger partial charge is 0.347 e. The minimum Gasteiger partial charge on any atom is -0.347 e. The van der Waals surface area contributed by atoms with Crippen molar-refractivity contribution >= 4 is 11.9 Å². The molecule has 1 aromatic rings. The van der Waals surface area contributed by atoms with Crippen molar-refractivity contribution in [1.29, 1.82) is 0 Å². The van der Waals surface area contributed by atoms with Crippen LogP contribution in [0.5, 0.6) is 0 Å². The van der Waals surface area contributed by atoms with Gasteiger partial charge in [0, 0.05) is 34.1 Å². The highest BCUT2D eigenvalue weighted by Crippen LogP contribution is 2.36. The molecule has 2 rings (SSSR count). The zero-order valence-electron chi connectivity index (χ0n) is 12.0. The number of hydrogen-bond donors (Lipinski definition) is 0.